The fourth-order valence-electron chi connectivity index (χ4n) is 6.09. The monoisotopic (exact) mass is 630 g/mol. The molecule has 238 valence electrons. The Morgan fingerprint density at radius 1 is 1.02 bits per heavy atom. The molecule has 1 saturated heterocycles. The highest BCUT2D eigenvalue weighted by atomic mass is 16.5. The van der Waals surface area contributed by atoms with Crippen molar-refractivity contribution in [1.82, 2.24) is 14.5 Å². The van der Waals surface area contributed by atoms with E-state index in [-0.39, 0.29) is 6.10 Å². The zero-order valence-electron chi connectivity index (χ0n) is 26.3. The van der Waals surface area contributed by atoms with Gasteiger partial charge in [-0.3, -0.25) is 0 Å². The number of carbonyl (C=O) groups excluding carboxylic acids is 1. The van der Waals surface area contributed by atoms with Gasteiger partial charge in [-0.05, 0) is 66.8 Å². The first-order valence-corrected chi connectivity index (χ1v) is 15.7. The van der Waals surface area contributed by atoms with Crippen LogP contribution >= 0.6 is 0 Å². The minimum atomic E-state index is -0.445. The van der Waals surface area contributed by atoms with E-state index in [9.17, 15) is 10.1 Å². The van der Waals surface area contributed by atoms with Gasteiger partial charge in [0.05, 0.1) is 61.9 Å². The van der Waals surface area contributed by atoms with Crippen LogP contribution in [0.4, 0.5) is 0 Å². The van der Waals surface area contributed by atoms with E-state index in [0.29, 0.717) is 54.5 Å². The van der Waals surface area contributed by atoms with Gasteiger partial charge in [-0.1, -0.05) is 24.3 Å². The van der Waals surface area contributed by atoms with Crippen molar-refractivity contribution in [3.63, 3.8) is 0 Å². The van der Waals surface area contributed by atoms with Crippen molar-refractivity contribution < 1.29 is 28.5 Å². The number of fused-ring (bicyclic) bond motifs is 7. The molecule has 0 aliphatic carbocycles. The molecule has 0 radical (unpaired) electrons. The molecule has 1 fully saturated rings. The van der Waals surface area contributed by atoms with Gasteiger partial charge in [0.1, 0.15) is 29.4 Å². The summed E-state index contributed by atoms with van der Waals surface area (Å²) in [5.74, 6) is 2.11. The average Bonchev–Trinajstić information content (AvgIpc) is 3.43. The van der Waals surface area contributed by atoms with Crippen LogP contribution in [0, 0.1) is 11.3 Å². The van der Waals surface area contributed by atoms with Crippen molar-refractivity contribution >= 4 is 17.0 Å². The molecule has 2 aromatic heterocycles. The topological polar surface area (TPSA) is 118 Å². The molecule has 0 saturated carbocycles. The molecule has 4 bridgehead atoms. The molecular formula is C37H34N4O6. The zero-order valence-corrected chi connectivity index (χ0v) is 26.3. The number of ether oxygens (including phenoxy) is 5. The minimum absolute atomic E-state index is 0.0561. The maximum atomic E-state index is 12.5. The smallest absolute Gasteiger partial charge is 0.338 e. The number of nitriles is 1. The number of esters is 1. The first-order valence-electron chi connectivity index (χ1n) is 15.7. The molecule has 10 heteroatoms. The van der Waals surface area contributed by atoms with E-state index in [1.807, 2.05) is 48.5 Å². The number of carbonyl (C=O) groups is 1. The molecule has 0 amide bonds. The number of benzene rings is 3. The Hall–Kier alpha value is -5.40. The lowest BCUT2D eigenvalue weighted by molar-refractivity contribution is -0.0589. The molecule has 0 unspecified atom stereocenters. The second-order valence-corrected chi connectivity index (χ2v) is 11.7. The Morgan fingerprint density at radius 3 is 2.70 bits per heavy atom. The van der Waals surface area contributed by atoms with Crippen LogP contribution in [0.1, 0.15) is 51.3 Å². The van der Waals surface area contributed by atoms with Crippen LogP contribution in [0.3, 0.4) is 0 Å². The summed E-state index contributed by atoms with van der Waals surface area (Å²) in [6.07, 6.45) is 2.96. The van der Waals surface area contributed by atoms with Crippen molar-refractivity contribution in [2.45, 2.75) is 44.9 Å². The van der Waals surface area contributed by atoms with E-state index in [4.69, 9.17) is 33.7 Å². The maximum Gasteiger partial charge on any atom is 0.338 e. The predicted octanol–water partition coefficient (Wildman–Crippen LogP) is 6.05. The molecule has 10 nitrogen and oxygen atoms in total. The number of pyridine rings is 1. The summed E-state index contributed by atoms with van der Waals surface area (Å²) in [4.78, 5) is 22.4. The van der Waals surface area contributed by atoms with Crippen LogP contribution in [0.15, 0.2) is 66.7 Å². The van der Waals surface area contributed by atoms with Crippen LogP contribution in [0.5, 0.6) is 17.4 Å². The van der Waals surface area contributed by atoms with Gasteiger partial charge in [0.15, 0.2) is 0 Å². The summed E-state index contributed by atoms with van der Waals surface area (Å²) in [5, 5.41) is 9.49. The second-order valence-electron chi connectivity index (χ2n) is 11.7. The first kappa shape index (κ1) is 30.3. The molecule has 47 heavy (non-hydrogen) atoms. The average molecular weight is 631 g/mol. The number of hydrogen-bond donors (Lipinski definition) is 0. The number of hydrogen-bond acceptors (Lipinski definition) is 9. The minimum Gasteiger partial charge on any atom is -0.494 e. The fourth-order valence-corrected chi connectivity index (χ4v) is 6.09. The van der Waals surface area contributed by atoms with Crippen molar-refractivity contribution in [3.05, 3.63) is 100 Å². The van der Waals surface area contributed by atoms with Crippen LogP contribution < -0.4 is 14.2 Å². The van der Waals surface area contributed by atoms with Crippen LogP contribution in [0.25, 0.3) is 22.3 Å². The molecule has 2 aliphatic rings. The van der Waals surface area contributed by atoms with E-state index in [1.165, 1.54) is 7.11 Å². The van der Waals surface area contributed by atoms with E-state index in [0.717, 1.165) is 70.9 Å². The van der Waals surface area contributed by atoms with Gasteiger partial charge in [0, 0.05) is 30.2 Å². The molecule has 0 spiro atoms. The zero-order chi connectivity index (χ0) is 32.3. The highest BCUT2D eigenvalue weighted by Crippen LogP contribution is 2.34. The van der Waals surface area contributed by atoms with Crippen molar-refractivity contribution in [2.24, 2.45) is 0 Å². The summed E-state index contributed by atoms with van der Waals surface area (Å²) < 4.78 is 31.2. The fraction of sp³-hybridized carbons (Fsp3) is 0.297. The number of aryl methyl sites for hydroxylation is 1. The quantitative estimate of drug-likeness (QED) is 0.207. The van der Waals surface area contributed by atoms with Gasteiger partial charge in [0.25, 0.3) is 0 Å². The van der Waals surface area contributed by atoms with Gasteiger partial charge < -0.3 is 28.3 Å². The highest BCUT2D eigenvalue weighted by Gasteiger charge is 2.25. The van der Waals surface area contributed by atoms with E-state index in [2.05, 4.69) is 16.7 Å². The summed E-state index contributed by atoms with van der Waals surface area (Å²) in [5.41, 5.74) is 7.17. The van der Waals surface area contributed by atoms with Gasteiger partial charge in [-0.15, -0.1) is 0 Å². The van der Waals surface area contributed by atoms with Crippen LogP contribution in [0.2, 0.25) is 0 Å². The second kappa shape index (κ2) is 13.1. The molecule has 1 atom stereocenters. The molecular weight excluding hydrogens is 596 g/mol. The van der Waals surface area contributed by atoms with E-state index in [1.54, 1.807) is 19.2 Å². The number of methoxy groups -OCH3 is 2. The number of aromatic nitrogens is 3. The van der Waals surface area contributed by atoms with Crippen LogP contribution in [-0.2, 0) is 35.5 Å². The first-order chi connectivity index (χ1) is 23.0. The Balaban J connectivity index is 1.27. The molecule has 2 aliphatic heterocycles. The van der Waals surface area contributed by atoms with Gasteiger partial charge in [-0.2, -0.15) is 5.26 Å². The third-order valence-corrected chi connectivity index (χ3v) is 8.71. The largest absolute Gasteiger partial charge is 0.494 e. The summed E-state index contributed by atoms with van der Waals surface area (Å²) in [6, 6.07) is 23.3. The summed E-state index contributed by atoms with van der Waals surface area (Å²) >= 11 is 0. The Kier molecular flexibility index (Phi) is 8.46. The Labute approximate surface area is 272 Å². The van der Waals surface area contributed by atoms with Crippen LogP contribution in [-0.4, -0.2) is 54.0 Å². The number of rotatable bonds is 6. The predicted molar refractivity (Wildman–Crippen MR) is 174 cm³/mol. The van der Waals surface area contributed by atoms with E-state index >= 15 is 0 Å². The van der Waals surface area contributed by atoms with E-state index < -0.39 is 5.97 Å². The number of imidazole rings is 1. The lowest BCUT2D eigenvalue weighted by Crippen LogP contribution is -2.31. The molecule has 3 aromatic carbocycles. The Morgan fingerprint density at radius 2 is 1.91 bits per heavy atom. The van der Waals surface area contributed by atoms with Gasteiger partial charge in [-0.25, -0.2) is 14.8 Å². The van der Waals surface area contributed by atoms with Crippen molar-refractivity contribution in [2.75, 3.05) is 27.4 Å². The molecule has 7 rings (SSSR count). The highest BCUT2D eigenvalue weighted by molar-refractivity contribution is 5.96. The molecule has 5 aromatic rings. The lowest BCUT2D eigenvalue weighted by atomic mass is 10.0. The maximum absolute atomic E-state index is 12.5. The van der Waals surface area contributed by atoms with Gasteiger partial charge >= 0.3 is 5.97 Å². The SMILES string of the molecule is COC(=O)c1cc(OC)c2nc(Cc3ccc4cc3OCCCc3cc(C#N)ccc3COc3cccc-4n3)n(C[C@@H]3CCO3)c2c1. The third-order valence-electron chi connectivity index (χ3n) is 8.71. The normalized spacial score (nSPS) is 15.6. The third kappa shape index (κ3) is 6.22. The lowest BCUT2D eigenvalue weighted by Gasteiger charge is -2.27. The number of nitrogens with zero attached hydrogens (tertiary/aromatic N) is 4. The van der Waals surface area contributed by atoms with Crippen molar-refractivity contribution in [3.8, 4) is 34.7 Å². The molecule has 4 heterocycles. The molecule has 0 N–H and O–H groups in total. The van der Waals surface area contributed by atoms with Crippen molar-refractivity contribution in [1.29, 1.82) is 5.26 Å². The Bertz CT molecular complexity index is 2010. The summed E-state index contributed by atoms with van der Waals surface area (Å²) in [6.45, 7) is 2.16. The standard InChI is InChI=1S/C37H34N4O6/c1-43-33-18-28(37(42)44-2)16-31-36(33)40-34(41(31)21-29-12-14-45-29)19-26-11-10-25-17-32(26)46-13-4-5-24-15-23(20-38)8-9-27(24)22-47-35-7-3-6-30(25)39-35/h3,6-11,15-18,29H,4-5,12-14,19,21-22H2,1-2H3/t29-/m0/s1. The van der Waals surface area contributed by atoms with Gasteiger partial charge in [0.2, 0.25) is 5.88 Å². The summed E-state index contributed by atoms with van der Waals surface area (Å²) in [7, 11) is 2.93.